The van der Waals surface area contributed by atoms with Gasteiger partial charge in [-0.2, -0.15) is 0 Å². The Balaban J connectivity index is 1.35. The monoisotopic (exact) mass is 524 g/mol. The Bertz CT molecular complexity index is 1610. The highest BCUT2D eigenvalue weighted by Gasteiger charge is 2.25. The summed E-state index contributed by atoms with van der Waals surface area (Å²) in [7, 11) is -3.09. The number of imidazole rings is 4. The minimum Gasteiger partial charge on any atom is -0.457 e. The summed E-state index contributed by atoms with van der Waals surface area (Å²) in [6.07, 6.45) is 12.3. The summed E-state index contributed by atoms with van der Waals surface area (Å²) in [5.74, 6) is 3.41. The third-order valence-corrected chi connectivity index (χ3v) is 10.5. The lowest BCUT2D eigenvalue weighted by atomic mass is 10.2. The number of fused-ring (bicyclic) bond motifs is 2. The largest absolute Gasteiger partial charge is 0.457 e. The topological polar surface area (TPSA) is 53.7 Å². The summed E-state index contributed by atoms with van der Waals surface area (Å²) in [6.45, 7) is 14.1. The molecule has 0 radical (unpaired) electrons. The van der Waals surface area contributed by atoms with E-state index in [1.807, 2.05) is 36.7 Å². The van der Waals surface area contributed by atoms with Gasteiger partial charge in [0.15, 0.2) is 0 Å². The number of rotatable bonds is 6. The number of hydrogen-bond acceptors (Lipinski definition) is 3. The van der Waals surface area contributed by atoms with Crippen molar-refractivity contribution in [3.63, 3.8) is 0 Å². The van der Waals surface area contributed by atoms with E-state index in [2.05, 4.69) is 116 Å². The fourth-order valence-corrected chi connectivity index (χ4v) is 7.66. The zero-order valence-electron chi connectivity index (χ0n) is 22.2. The Morgan fingerprint density at radius 1 is 0.622 bits per heavy atom. The lowest BCUT2D eigenvalue weighted by Crippen LogP contribution is -2.40. The number of ether oxygens (including phenoxy) is 1. The van der Waals surface area contributed by atoms with Crippen LogP contribution < -0.4 is 15.4 Å². The third kappa shape index (κ3) is 4.13. The fourth-order valence-electron chi connectivity index (χ4n) is 4.83. The van der Waals surface area contributed by atoms with Gasteiger partial charge in [0.1, 0.15) is 27.6 Å². The van der Waals surface area contributed by atoms with E-state index in [1.54, 1.807) is 0 Å². The highest BCUT2D eigenvalue weighted by atomic mass is 28.3. The summed E-state index contributed by atoms with van der Waals surface area (Å²) in [4.78, 5) is 9.25. The SMILES string of the molecule is C[Si](C)(C)c1cn(-c2cccc(Oc3cccc(-n4cc([Si](C)(C)C)n5ccnc45)c3)c2)c2nccn12. The summed E-state index contributed by atoms with van der Waals surface area (Å²) in [5, 5.41) is 2.68. The molecule has 0 N–H and O–H groups in total. The number of benzene rings is 2. The molecule has 188 valence electrons. The average molecular weight is 525 g/mol. The molecule has 2 aromatic carbocycles. The molecule has 37 heavy (non-hydrogen) atoms. The molecule has 0 amide bonds. The molecule has 0 atom stereocenters. The molecule has 0 aliphatic rings. The van der Waals surface area contributed by atoms with Gasteiger partial charge >= 0.3 is 0 Å². The van der Waals surface area contributed by atoms with Crippen molar-refractivity contribution in [2.75, 3.05) is 0 Å². The zero-order chi connectivity index (χ0) is 25.9. The van der Waals surface area contributed by atoms with Crippen LogP contribution in [0.5, 0.6) is 11.5 Å². The molecule has 0 unspecified atom stereocenters. The molecule has 0 saturated carbocycles. The van der Waals surface area contributed by atoms with Crippen molar-refractivity contribution >= 4 is 38.3 Å². The van der Waals surface area contributed by atoms with Crippen LogP contribution in [0, 0.1) is 0 Å². The van der Waals surface area contributed by atoms with E-state index in [-0.39, 0.29) is 0 Å². The lowest BCUT2D eigenvalue weighted by Gasteiger charge is -2.14. The molecular weight excluding hydrogens is 493 g/mol. The van der Waals surface area contributed by atoms with Gasteiger partial charge in [-0.1, -0.05) is 51.4 Å². The van der Waals surface area contributed by atoms with Crippen LogP contribution in [0.4, 0.5) is 0 Å². The second kappa shape index (κ2) is 8.36. The van der Waals surface area contributed by atoms with E-state index in [0.29, 0.717) is 0 Å². The van der Waals surface area contributed by atoms with E-state index >= 15 is 0 Å². The van der Waals surface area contributed by atoms with Crippen LogP contribution >= 0.6 is 0 Å². The molecule has 0 bridgehead atoms. The van der Waals surface area contributed by atoms with Crippen LogP contribution in [-0.4, -0.2) is 44.1 Å². The van der Waals surface area contributed by atoms with E-state index in [0.717, 1.165) is 34.4 Å². The second-order valence-corrected chi connectivity index (χ2v) is 21.6. The van der Waals surface area contributed by atoms with Crippen LogP contribution in [-0.2, 0) is 0 Å². The van der Waals surface area contributed by atoms with Crippen LogP contribution in [0.15, 0.2) is 85.7 Å². The third-order valence-electron chi connectivity index (χ3n) is 6.66. The molecule has 0 spiro atoms. The van der Waals surface area contributed by atoms with E-state index < -0.39 is 16.1 Å². The molecule has 0 fully saturated rings. The maximum absolute atomic E-state index is 6.37. The Morgan fingerprint density at radius 3 is 1.46 bits per heavy atom. The van der Waals surface area contributed by atoms with E-state index in [4.69, 9.17) is 4.74 Å². The molecular formula is C28H32N6OSi2. The molecule has 4 heterocycles. The van der Waals surface area contributed by atoms with Crippen molar-refractivity contribution in [2.24, 2.45) is 0 Å². The van der Waals surface area contributed by atoms with Crippen molar-refractivity contribution in [3.05, 3.63) is 85.7 Å². The summed E-state index contributed by atoms with van der Waals surface area (Å²) in [5.41, 5.74) is 2.05. The van der Waals surface area contributed by atoms with Gasteiger partial charge in [0.2, 0.25) is 11.6 Å². The number of hydrogen-bond donors (Lipinski definition) is 0. The Morgan fingerprint density at radius 2 is 1.05 bits per heavy atom. The highest BCUT2D eigenvalue weighted by molar-refractivity contribution is 6.88. The molecule has 4 aromatic heterocycles. The molecule has 6 rings (SSSR count). The molecule has 0 aliphatic carbocycles. The Labute approximate surface area is 218 Å². The minimum atomic E-state index is -1.55. The van der Waals surface area contributed by atoms with Gasteiger partial charge in [0, 0.05) is 59.9 Å². The summed E-state index contributed by atoms with van der Waals surface area (Å²) in [6, 6.07) is 16.4. The second-order valence-electron chi connectivity index (χ2n) is 11.6. The first-order valence-corrected chi connectivity index (χ1v) is 19.6. The molecule has 0 saturated heterocycles. The maximum Gasteiger partial charge on any atom is 0.218 e. The first-order valence-electron chi connectivity index (χ1n) is 12.6. The van der Waals surface area contributed by atoms with Gasteiger partial charge in [-0.05, 0) is 24.3 Å². The molecule has 0 aliphatic heterocycles. The van der Waals surface area contributed by atoms with Gasteiger partial charge in [0.25, 0.3) is 0 Å². The van der Waals surface area contributed by atoms with Gasteiger partial charge in [-0.25, -0.2) is 9.97 Å². The normalized spacial score (nSPS) is 12.6. The first-order chi connectivity index (χ1) is 17.6. The standard InChI is InChI=1S/C28H32N6OSi2/c1-36(2,3)25-19-33(27-29-13-15-31(25)27)21-9-7-11-23(17-21)35-24-12-8-10-22(18-24)34-20-26(37(4,5)6)32-16-14-30-28(32)34/h7-20H,1-6H3. The molecule has 9 heteroatoms. The van der Waals surface area contributed by atoms with Crippen molar-refractivity contribution in [3.8, 4) is 22.9 Å². The Hall–Kier alpha value is -3.83. The predicted octanol–water partition coefficient (Wildman–Crippen LogP) is 5.45. The van der Waals surface area contributed by atoms with Gasteiger partial charge in [-0.15, -0.1) is 0 Å². The zero-order valence-corrected chi connectivity index (χ0v) is 24.2. The van der Waals surface area contributed by atoms with Crippen molar-refractivity contribution in [1.82, 2.24) is 27.9 Å². The smallest absolute Gasteiger partial charge is 0.218 e. The summed E-state index contributed by atoms with van der Waals surface area (Å²) >= 11 is 0. The highest BCUT2D eigenvalue weighted by Crippen LogP contribution is 2.27. The minimum absolute atomic E-state index is 0.781. The van der Waals surface area contributed by atoms with Crippen LogP contribution in [0.1, 0.15) is 0 Å². The maximum atomic E-state index is 6.37. The summed E-state index contributed by atoms with van der Waals surface area (Å²) < 4.78 is 15.1. The van der Waals surface area contributed by atoms with Crippen LogP contribution in [0.3, 0.4) is 0 Å². The molecule has 7 nitrogen and oxygen atoms in total. The number of nitrogens with zero attached hydrogens (tertiary/aromatic N) is 6. The predicted molar refractivity (Wildman–Crippen MR) is 155 cm³/mol. The lowest BCUT2D eigenvalue weighted by molar-refractivity contribution is 0.482. The molecule has 6 aromatic rings. The van der Waals surface area contributed by atoms with E-state index in [9.17, 15) is 0 Å². The first kappa shape index (κ1) is 23.6. The van der Waals surface area contributed by atoms with Gasteiger partial charge < -0.3 is 4.74 Å². The quantitative estimate of drug-likeness (QED) is 0.273. The van der Waals surface area contributed by atoms with Crippen molar-refractivity contribution in [2.45, 2.75) is 39.3 Å². The van der Waals surface area contributed by atoms with Crippen molar-refractivity contribution < 1.29 is 4.74 Å². The van der Waals surface area contributed by atoms with Crippen LogP contribution in [0.2, 0.25) is 39.3 Å². The Kier molecular flexibility index (Phi) is 5.32. The van der Waals surface area contributed by atoms with E-state index in [1.165, 1.54) is 10.6 Å². The van der Waals surface area contributed by atoms with Gasteiger partial charge in [0.05, 0.1) is 11.4 Å². The average Bonchev–Trinajstić information content (AvgIpc) is 3.59. The van der Waals surface area contributed by atoms with Crippen LogP contribution in [0.25, 0.3) is 22.9 Å². The van der Waals surface area contributed by atoms with Gasteiger partial charge in [-0.3, -0.25) is 17.9 Å². The van der Waals surface area contributed by atoms with Crippen molar-refractivity contribution in [1.29, 1.82) is 0 Å². The fraction of sp³-hybridized carbons (Fsp3) is 0.214. The number of aromatic nitrogens is 6.